The van der Waals surface area contributed by atoms with Crippen molar-refractivity contribution >= 4 is 17.9 Å². The molecule has 0 aromatic heterocycles. The predicted molar refractivity (Wildman–Crippen MR) is 280 cm³/mol. The van der Waals surface area contributed by atoms with Gasteiger partial charge < -0.3 is 14.2 Å². The molecule has 0 fully saturated rings. The van der Waals surface area contributed by atoms with E-state index >= 15 is 0 Å². The number of rotatable bonds is 53. The fourth-order valence-corrected chi connectivity index (χ4v) is 9.05. The van der Waals surface area contributed by atoms with E-state index in [1.807, 2.05) is 0 Å². The highest BCUT2D eigenvalue weighted by molar-refractivity contribution is 5.71. The van der Waals surface area contributed by atoms with Crippen molar-refractivity contribution in [3.05, 3.63) is 0 Å². The van der Waals surface area contributed by atoms with Gasteiger partial charge in [-0.1, -0.05) is 291 Å². The molecule has 0 aromatic rings. The lowest BCUT2D eigenvalue weighted by Crippen LogP contribution is -2.30. The van der Waals surface area contributed by atoms with E-state index in [1.165, 1.54) is 218 Å². The van der Waals surface area contributed by atoms with Crippen LogP contribution in [0.2, 0.25) is 0 Å². The summed E-state index contributed by atoms with van der Waals surface area (Å²) in [6.45, 7) is 11.4. The number of carbonyl (C=O) groups is 3. The Labute approximate surface area is 406 Å². The smallest absolute Gasteiger partial charge is 0.306 e. The number of unbranched alkanes of at least 4 members (excludes halogenated alkanes) is 38. The Morgan fingerprint density at radius 3 is 0.754 bits per heavy atom. The Balaban J connectivity index is 4.27. The molecule has 65 heavy (non-hydrogen) atoms. The predicted octanol–water partition coefficient (Wildman–Crippen LogP) is 19.3. The number of hydrogen-bond acceptors (Lipinski definition) is 6. The van der Waals surface area contributed by atoms with E-state index in [-0.39, 0.29) is 31.1 Å². The summed E-state index contributed by atoms with van der Waals surface area (Å²) in [5, 5.41) is 0. The zero-order chi connectivity index (χ0) is 47.5. The zero-order valence-corrected chi connectivity index (χ0v) is 44.6. The first-order chi connectivity index (χ1) is 31.7. The van der Waals surface area contributed by atoms with Crippen LogP contribution in [-0.4, -0.2) is 37.2 Å². The van der Waals surface area contributed by atoms with Crippen molar-refractivity contribution in [1.82, 2.24) is 0 Å². The van der Waals surface area contributed by atoms with Gasteiger partial charge in [0, 0.05) is 19.3 Å². The minimum Gasteiger partial charge on any atom is -0.462 e. The third-order valence-electron chi connectivity index (χ3n) is 13.5. The van der Waals surface area contributed by atoms with Gasteiger partial charge >= 0.3 is 17.9 Å². The Morgan fingerprint density at radius 1 is 0.292 bits per heavy atom. The van der Waals surface area contributed by atoms with Gasteiger partial charge in [-0.15, -0.1) is 0 Å². The summed E-state index contributed by atoms with van der Waals surface area (Å²) in [5.74, 6) is 0.839. The molecule has 0 N–H and O–H groups in total. The molecular weight excluding hydrogens is 805 g/mol. The molecule has 386 valence electrons. The van der Waals surface area contributed by atoms with Crippen LogP contribution < -0.4 is 0 Å². The van der Waals surface area contributed by atoms with Gasteiger partial charge in [-0.05, 0) is 31.1 Å². The minimum absolute atomic E-state index is 0.0626. The third kappa shape index (κ3) is 53.2. The summed E-state index contributed by atoms with van der Waals surface area (Å²) in [4.78, 5) is 38.1. The fourth-order valence-electron chi connectivity index (χ4n) is 9.05. The third-order valence-corrected chi connectivity index (χ3v) is 13.5. The molecule has 0 bridgehead atoms. The molecule has 6 heteroatoms. The molecule has 0 aliphatic carbocycles. The van der Waals surface area contributed by atoms with Gasteiger partial charge in [-0.2, -0.15) is 0 Å². The van der Waals surface area contributed by atoms with E-state index in [1.54, 1.807) is 0 Å². The normalized spacial score (nSPS) is 12.0. The second-order valence-electron chi connectivity index (χ2n) is 21.2. The molecule has 0 amide bonds. The first-order valence-corrected chi connectivity index (χ1v) is 29.2. The van der Waals surface area contributed by atoms with Crippen LogP contribution in [0.3, 0.4) is 0 Å². The van der Waals surface area contributed by atoms with Gasteiger partial charge in [-0.3, -0.25) is 14.4 Å². The SMILES string of the molecule is CCCCCCCCCCCCCCCCC(=O)OC[C@@H](COC(=O)CCCCCCCCCCCCCCCCCCC(C)C)OC(=O)CCCCCCCCCCCCCC(C)C. The number of hydrogen-bond donors (Lipinski definition) is 0. The summed E-state index contributed by atoms with van der Waals surface area (Å²) in [5.41, 5.74) is 0. The lowest BCUT2D eigenvalue weighted by Gasteiger charge is -2.18. The van der Waals surface area contributed by atoms with E-state index in [0.29, 0.717) is 19.3 Å². The Morgan fingerprint density at radius 2 is 0.508 bits per heavy atom. The summed E-state index contributed by atoms with van der Waals surface area (Å²) >= 11 is 0. The molecule has 0 aliphatic rings. The lowest BCUT2D eigenvalue weighted by atomic mass is 10.0. The number of ether oxygens (including phenoxy) is 3. The van der Waals surface area contributed by atoms with Crippen LogP contribution in [0, 0.1) is 11.8 Å². The van der Waals surface area contributed by atoms with Crippen molar-refractivity contribution in [1.29, 1.82) is 0 Å². The molecule has 0 spiro atoms. The van der Waals surface area contributed by atoms with E-state index in [0.717, 1.165) is 69.6 Å². The highest BCUT2D eigenvalue weighted by atomic mass is 16.6. The standard InChI is InChI=1S/C59H114O6/c1-6-7-8-9-10-11-12-13-19-24-29-34-39-44-49-57(60)63-52-56(65-59(62)51-46-41-36-31-26-21-23-28-33-38-43-48-55(4)5)53-64-58(61)50-45-40-35-30-25-20-17-15-14-16-18-22-27-32-37-42-47-54(2)3/h54-56H,6-53H2,1-5H3/t56-/m0/s1. The summed E-state index contributed by atoms with van der Waals surface area (Å²) in [7, 11) is 0. The van der Waals surface area contributed by atoms with Crippen LogP contribution in [0.25, 0.3) is 0 Å². The van der Waals surface area contributed by atoms with E-state index in [2.05, 4.69) is 34.6 Å². The molecule has 0 rings (SSSR count). The Bertz CT molecular complexity index is 993. The molecule has 0 aliphatic heterocycles. The first kappa shape index (κ1) is 63.4. The van der Waals surface area contributed by atoms with Gasteiger partial charge in [0.15, 0.2) is 6.10 Å². The largest absolute Gasteiger partial charge is 0.462 e. The van der Waals surface area contributed by atoms with Gasteiger partial charge in [0.2, 0.25) is 0 Å². The average molecular weight is 920 g/mol. The van der Waals surface area contributed by atoms with Crippen LogP contribution in [0.15, 0.2) is 0 Å². The maximum Gasteiger partial charge on any atom is 0.306 e. The van der Waals surface area contributed by atoms with Gasteiger partial charge in [-0.25, -0.2) is 0 Å². The average Bonchev–Trinajstić information content (AvgIpc) is 3.28. The second kappa shape index (κ2) is 51.8. The molecule has 1 atom stereocenters. The Kier molecular flexibility index (Phi) is 50.5. The molecular formula is C59H114O6. The second-order valence-corrected chi connectivity index (χ2v) is 21.2. The summed E-state index contributed by atoms with van der Waals surface area (Å²) < 4.78 is 16.9. The maximum atomic E-state index is 12.8. The van der Waals surface area contributed by atoms with Crippen LogP contribution in [0.1, 0.15) is 330 Å². The topological polar surface area (TPSA) is 78.9 Å². The van der Waals surface area contributed by atoms with Crippen molar-refractivity contribution in [2.75, 3.05) is 13.2 Å². The van der Waals surface area contributed by atoms with Crippen LogP contribution >= 0.6 is 0 Å². The molecule has 0 saturated carbocycles. The van der Waals surface area contributed by atoms with Gasteiger partial charge in [0.25, 0.3) is 0 Å². The van der Waals surface area contributed by atoms with Crippen molar-refractivity contribution in [2.24, 2.45) is 11.8 Å². The first-order valence-electron chi connectivity index (χ1n) is 29.2. The molecule has 0 saturated heterocycles. The van der Waals surface area contributed by atoms with Crippen LogP contribution in [-0.2, 0) is 28.6 Å². The van der Waals surface area contributed by atoms with Crippen LogP contribution in [0.5, 0.6) is 0 Å². The minimum atomic E-state index is -0.762. The summed E-state index contributed by atoms with van der Waals surface area (Å²) in [6, 6.07) is 0. The number of esters is 3. The monoisotopic (exact) mass is 919 g/mol. The molecule has 0 unspecified atom stereocenters. The molecule has 0 aromatic carbocycles. The molecule has 0 heterocycles. The highest BCUT2D eigenvalue weighted by Crippen LogP contribution is 2.18. The lowest BCUT2D eigenvalue weighted by molar-refractivity contribution is -0.167. The molecule has 6 nitrogen and oxygen atoms in total. The summed E-state index contributed by atoms with van der Waals surface area (Å²) in [6.07, 6.45) is 55.2. The van der Waals surface area contributed by atoms with Crippen molar-refractivity contribution in [3.63, 3.8) is 0 Å². The van der Waals surface area contributed by atoms with E-state index in [9.17, 15) is 14.4 Å². The van der Waals surface area contributed by atoms with Crippen LogP contribution in [0.4, 0.5) is 0 Å². The maximum absolute atomic E-state index is 12.8. The van der Waals surface area contributed by atoms with Crippen molar-refractivity contribution < 1.29 is 28.6 Å². The van der Waals surface area contributed by atoms with Crippen molar-refractivity contribution in [3.8, 4) is 0 Å². The highest BCUT2D eigenvalue weighted by Gasteiger charge is 2.19. The van der Waals surface area contributed by atoms with E-state index in [4.69, 9.17) is 14.2 Å². The number of carbonyl (C=O) groups excluding carboxylic acids is 3. The quantitative estimate of drug-likeness (QED) is 0.0344. The van der Waals surface area contributed by atoms with E-state index < -0.39 is 6.10 Å². The Hall–Kier alpha value is -1.59. The molecule has 0 radical (unpaired) electrons. The van der Waals surface area contributed by atoms with Crippen molar-refractivity contribution in [2.45, 2.75) is 336 Å². The van der Waals surface area contributed by atoms with Gasteiger partial charge in [0.05, 0.1) is 0 Å². The zero-order valence-electron chi connectivity index (χ0n) is 44.6. The fraction of sp³-hybridized carbons (Fsp3) is 0.949. The van der Waals surface area contributed by atoms with Gasteiger partial charge in [0.1, 0.15) is 13.2 Å².